The molecule has 0 saturated carbocycles. The smallest absolute Gasteiger partial charge is 0.235 e. The minimum absolute atomic E-state index is 0.208. The molecule has 0 atom stereocenters. The molecule has 3 aromatic rings. The molecule has 0 unspecified atom stereocenters. The molecule has 2 N–H and O–H groups in total. The molecule has 2 aromatic heterocycles. The number of halogens is 1. The first-order valence-electron chi connectivity index (χ1n) is 6.95. The maximum Gasteiger partial charge on any atom is 0.235 e. The summed E-state index contributed by atoms with van der Waals surface area (Å²) in [5, 5.41) is 19.4. The summed E-state index contributed by atoms with van der Waals surface area (Å²) in [6.07, 6.45) is 3.12. The number of aromatic nitrogens is 2. The Bertz CT molecular complexity index is 811. The highest BCUT2D eigenvalue weighted by Crippen LogP contribution is 2.37. The fraction of sp³-hybridized carbons (Fsp3) is 0.118. The van der Waals surface area contributed by atoms with Crippen molar-refractivity contribution >= 4 is 0 Å². The fourth-order valence-corrected chi connectivity index (χ4v) is 2.16. The van der Waals surface area contributed by atoms with Crippen molar-refractivity contribution in [1.82, 2.24) is 9.55 Å². The van der Waals surface area contributed by atoms with Gasteiger partial charge in [0, 0.05) is 13.2 Å². The second-order valence-electron chi connectivity index (χ2n) is 5.12. The maximum atomic E-state index is 12.8. The van der Waals surface area contributed by atoms with E-state index in [0.717, 1.165) is 5.56 Å². The Morgan fingerprint density at radius 2 is 1.87 bits per heavy atom. The molecule has 0 spiro atoms. The number of pyridine rings is 1. The van der Waals surface area contributed by atoms with Crippen LogP contribution in [0, 0.1) is 5.82 Å². The largest absolute Gasteiger partial charge is 0.503 e. The molecule has 0 aliphatic rings. The van der Waals surface area contributed by atoms with Crippen LogP contribution in [0.5, 0.6) is 17.4 Å². The average molecular weight is 314 g/mol. The van der Waals surface area contributed by atoms with Gasteiger partial charge in [0.05, 0.1) is 17.5 Å². The van der Waals surface area contributed by atoms with E-state index in [0.29, 0.717) is 23.6 Å². The van der Waals surface area contributed by atoms with Gasteiger partial charge < -0.3 is 19.5 Å². The molecule has 0 radical (unpaired) electrons. The molecule has 118 valence electrons. The number of hydrogen-bond donors (Lipinski definition) is 2. The first kappa shape index (κ1) is 14.9. The average Bonchev–Trinajstić information content (AvgIpc) is 2.82. The molecule has 0 fully saturated rings. The zero-order valence-corrected chi connectivity index (χ0v) is 12.4. The van der Waals surface area contributed by atoms with E-state index in [1.165, 1.54) is 22.9 Å². The zero-order chi connectivity index (χ0) is 16.4. The number of ether oxygens (including phenoxy) is 1. The van der Waals surface area contributed by atoms with Gasteiger partial charge in [-0.3, -0.25) is 4.98 Å². The van der Waals surface area contributed by atoms with Crippen LogP contribution in [-0.2, 0) is 13.7 Å². The SMILES string of the molecule is Cn1cc(-c2ccc(OCc3ccc(F)cc3)cn2)c(O)c1O. The predicted octanol–water partition coefficient (Wildman–Crippen LogP) is 3.22. The summed E-state index contributed by atoms with van der Waals surface area (Å²) < 4.78 is 19.8. The van der Waals surface area contributed by atoms with Crippen molar-refractivity contribution < 1.29 is 19.3 Å². The van der Waals surface area contributed by atoms with Gasteiger partial charge in [-0.25, -0.2) is 4.39 Å². The molecule has 1 aromatic carbocycles. The number of hydrogen-bond acceptors (Lipinski definition) is 4. The Balaban J connectivity index is 1.72. The van der Waals surface area contributed by atoms with Crippen LogP contribution in [0.25, 0.3) is 11.3 Å². The highest BCUT2D eigenvalue weighted by Gasteiger charge is 2.14. The van der Waals surface area contributed by atoms with Crippen molar-refractivity contribution in [3.63, 3.8) is 0 Å². The standard InChI is InChI=1S/C17H15FN2O3/c1-20-9-14(16(21)17(20)22)15-7-6-13(8-19-15)23-10-11-2-4-12(18)5-3-11/h2-9,21-22H,10H2,1H3. The van der Waals surface area contributed by atoms with Crippen LogP contribution in [0.15, 0.2) is 48.8 Å². The van der Waals surface area contributed by atoms with Gasteiger partial charge in [0.2, 0.25) is 5.88 Å². The third kappa shape index (κ3) is 3.11. The lowest BCUT2D eigenvalue weighted by Crippen LogP contribution is -1.96. The maximum absolute atomic E-state index is 12.8. The second-order valence-corrected chi connectivity index (χ2v) is 5.12. The molecule has 2 heterocycles. The van der Waals surface area contributed by atoms with Gasteiger partial charge in [0.1, 0.15) is 18.2 Å². The highest BCUT2D eigenvalue weighted by atomic mass is 19.1. The van der Waals surface area contributed by atoms with Crippen LogP contribution in [0.2, 0.25) is 0 Å². The predicted molar refractivity (Wildman–Crippen MR) is 82.7 cm³/mol. The molecule has 6 heteroatoms. The summed E-state index contributed by atoms with van der Waals surface area (Å²) >= 11 is 0. The number of rotatable bonds is 4. The van der Waals surface area contributed by atoms with E-state index in [1.807, 2.05) is 0 Å². The summed E-state index contributed by atoms with van der Waals surface area (Å²) in [4.78, 5) is 4.22. The minimum atomic E-state index is -0.286. The van der Waals surface area contributed by atoms with Crippen molar-refractivity contribution in [2.24, 2.45) is 7.05 Å². The number of benzene rings is 1. The first-order valence-corrected chi connectivity index (χ1v) is 6.95. The van der Waals surface area contributed by atoms with E-state index in [-0.39, 0.29) is 17.4 Å². The third-order valence-electron chi connectivity index (χ3n) is 3.45. The molecular formula is C17H15FN2O3. The topological polar surface area (TPSA) is 67.5 Å². The molecule has 3 rings (SSSR count). The van der Waals surface area contributed by atoms with E-state index in [2.05, 4.69) is 4.98 Å². The van der Waals surface area contributed by atoms with Crippen molar-refractivity contribution in [3.8, 4) is 28.6 Å². The summed E-state index contributed by atoms with van der Waals surface area (Å²) in [6.45, 7) is 0.304. The molecule has 0 bridgehead atoms. The summed E-state index contributed by atoms with van der Waals surface area (Å²) in [7, 11) is 1.62. The molecule has 5 nitrogen and oxygen atoms in total. The van der Waals surface area contributed by atoms with Gasteiger partial charge in [-0.05, 0) is 29.8 Å². The number of aryl methyl sites for hydroxylation is 1. The quantitative estimate of drug-likeness (QED) is 0.776. The summed E-state index contributed by atoms with van der Waals surface area (Å²) in [6, 6.07) is 9.48. The van der Waals surface area contributed by atoms with Crippen LogP contribution < -0.4 is 4.74 Å². The van der Waals surface area contributed by atoms with Crippen LogP contribution in [0.3, 0.4) is 0 Å². The normalized spacial score (nSPS) is 10.7. The van der Waals surface area contributed by atoms with E-state index < -0.39 is 0 Å². The lowest BCUT2D eigenvalue weighted by atomic mass is 10.2. The van der Waals surface area contributed by atoms with Crippen molar-refractivity contribution in [2.75, 3.05) is 0 Å². The van der Waals surface area contributed by atoms with Gasteiger partial charge in [-0.1, -0.05) is 12.1 Å². The Labute approximate surface area is 132 Å². The fourth-order valence-electron chi connectivity index (χ4n) is 2.16. The van der Waals surface area contributed by atoms with E-state index in [1.54, 1.807) is 37.5 Å². The Morgan fingerprint density at radius 3 is 2.43 bits per heavy atom. The van der Waals surface area contributed by atoms with Crippen LogP contribution in [-0.4, -0.2) is 19.8 Å². The third-order valence-corrected chi connectivity index (χ3v) is 3.45. The number of nitrogens with zero attached hydrogens (tertiary/aromatic N) is 2. The van der Waals surface area contributed by atoms with E-state index in [9.17, 15) is 14.6 Å². The van der Waals surface area contributed by atoms with Gasteiger partial charge >= 0.3 is 0 Å². The molecular weight excluding hydrogens is 299 g/mol. The Kier molecular flexibility index (Phi) is 3.89. The van der Waals surface area contributed by atoms with Crippen LogP contribution in [0.1, 0.15) is 5.56 Å². The van der Waals surface area contributed by atoms with Crippen molar-refractivity contribution in [2.45, 2.75) is 6.61 Å². The van der Waals surface area contributed by atoms with Crippen LogP contribution in [0.4, 0.5) is 4.39 Å². The molecule has 0 amide bonds. The number of aromatic hydroxyl groups is 2. The molecule has 0 saturated heterocycles. The zero-order valence-electron chi connectivity index (χ0n) is 12.4. The highest BCUT2D eigenvalue weighted by molar-refractivity contribution is 5.70. The summed E-state index contributed by atoms with van der Waals surface area (Å²) in [5.74, 6) is -0.151. The van der Waals surface area contributed by atoms with Gasteiger partial charge in [0.15, 0.2) is 5.75 Å². The Morgan fingerprint density at radius 1 is 1.13 bits per heavy atom. The molecule has 0 aliphatic carbocycles. The first-order chi connectivity index (χ1) is 11.0. The minimum Gasteiger partial charge on any atom is -0.503 e. The second kappa shape index (κ2) is 6.00. The van der Waals surface area contributed by atoms with Crippen molar-refractivity contribution in [1.29, 1.82) is 0 Å². The van der Waals surface area contributed by atoms with Gasteiger partial charge in [-0.15, -0.1) is 0 Å². The van der Waals surface area contributed by atoms with Crippen molar-refractivity contribution in [3.05, 3.63) is 60.2 Å². The molecule has 0 aliphatic heterocycles. The monoisotopic (exact) mass is 314 g/mol. The summed E-state index contributed by atoms with van der Waals surface area (Å²) in [5.41, 5.74) is 1.81. The van der Waals surface area contributed by atoms with E-state index in [4.69, 9.17) is 4.74 Å². The van der Waals surface area contributed by atoms with E-state index >= 15 is 0 Å². The Hall–Kier alpha value is -3.02. The lowest BCUT2D eigenvalue weighted by Gasteiger charge is -2.06. The lowest BCUT2D eigenvalue weighted by molar-refractivity contribution is 0.305. The van der Waals surface area contributed by atoms with Crippen LogP contribution >= 0.6 is 0 Å². The molecule has 23 heavy (non-hydrogen) atoms. The van der Waals surface area contributed by atoms with Gasteiger partial charge in [0.25, 0.3) is 0 Å². The van der Waals surface area contributed by atoms with Gasteiger partial charge in [-0.2, -0.15) is 0 Å².